The van der Waals surface area contributed by atoms with Crippen LogP contribution in [0.4, 0.5) is 0 Å². The van der Waals surface area contributed by atoms with Gasteiger partial charge in [0.1, 0.15) is 12.4 Å². The lowest BCUT2D eigenvalue weighted by molar-refractivity contribution is -0.134. The molecule has 0 saturated heterocycles. The molecular formula is C31H42O6. The van der Waals surface area contributed by atoms with E-state index in [0.29, 0.717) is 40.9 Å². The summed E-state index contributed by atoms with van der Waals surface area (Å²) in [7, 11) is 3.16. The Morgan fingerprint density at radius 1 is 0.919 bits per heavy atom. The minimum absolute atomic E-state index is 0.0751. The fraction of sp³-hybridized carbons (Fsp3) is 0.452. The molecule has 202 valence electrons. The van der Waals surface area contributed by atoms with Crippen LogP contribution >= 0.6 is 0 Å². The second-order valence-electron chi connectivity index (χ2n) is 8.22. The fourth-order valence-electron chi connectivity index (χ4n) is 3.20. The number of esters is 1. The van der Waals surface area contributed by atoms with Gasteiger partial charge in [0.25, 0.3) is 0 Å². The highest BCUT2D eigenvalue weighted by atomic mass is 16.5. The van der Waals surface area contributed by atoms with E-state index in [1.165, 1.54) is 5.57 Å². The van der Waals surface area contributed by atoms with Crippen molar-refractivity contribution in [1.82, 2.24) is 0 Å². The van der Waals surface area contributed by atoms with E-state index in [1.54, 1.807) is 33.3 Å². The minimum atomic E-state index is -0.361. The first kappa shape index (κ1) is 31.4. The minimum Gasteiger partial charge on any atom is -0.493 e. The van der Waals surface area contributed by atoms with E-state index in [0.717, 1.165) is 18.4 Å². The Bertz CT molecular complexity index is 1090. The van der Waals surface area contributed by atoms with Crippen LogP contribution in [-0.4, -0.2) is 32.9 Å². The van der Waals surface area contributed by atoms with Crippen molar-refractivity contribution in [1.29, 1.82) is 0 Å². The summed E-state index contributed by atoms with van der Waals surface area (Å²) in [5.74, 6) is 8.42. The monoisotopic (exact) mass is 510 g/mol. The second-order valence-corrected chi connectivity index (χ2v) is 8.22. The van der Waals surface area contributed by atoms with Crippen molar-refractivity contribution in [3.8, 4) is 40.6 Å². The molecule has 0 aromatic heterocycles. The van der Waals surface area contributed by atoms with Crippen LogP contribution in [0.25, 0.3) is 0 Å². The molecule has 2 aromatic rings. The van der Waals surface area contributed by atoms with Gasteiger partial charge in [-0.3, -0.25) is 4.79 Å². The fourth-order valence-corrected chi connectivity index (χ4v) is 3.20. The number of hydrogen-bond donors (Lipinski definition) is 0. The molecule has 0 heterocycles. The van der Waals surface area contributed by atoms with Crippen molar-refractivity contribution in [2.45, 2.75) is 73.8 Å². The van der Waals surface area contributed by atoms with E-state index in [-0.39, 0.29) is 18.5 Å². The SMILES string of the molecule is CC.CCC/C(C)=C/COc1cc(C#Cc2cc(OC)c(OC(C)C)cc2OC(=O)CC)ccc1OC. The predicted octanol–water partition coefficient (Wildman–Crippen LogP) is 7.36. The van der Waals surface area contributed by atoms with Crippen LogP contribution in [0.2, 0.25) is 0 Å². The number of methoxy groups -OCH3 is 2. The Morgan fingerprint density at radius 3 is 2.22 bits per heavy atom. The number of carbonyl (C=O) groups excluding carboxylic acids is 1. The second kappa shape index (κ2) is 17.0. The lowest BCUT2D eigenvalue weighted by atomic mass is 10.1. The smallest absolute Gasteiger partial charge is 0.310 e. The van der Waals surface area contributed by atoms with E-state index in [1.807, 2.05) is 45.9 Å². The summed E-state index contributed by atoms with van der Waals surface area (Å²) in [5.41, 5.74) is 2.52. The summed E-state index contributed by atoms with van der Waals surface area (Å²) in [6, 6.07) is 8.86. The van der Waals surface area contributed by atoms with Gasteiger partial charge in [-0.15, -0.1) is 0 Å². The maximum Gasteiger partial charge on any atom is 0.310 e. The van der Waals surface area contributed by atoms with Gasteiger partial charge in [0.2, 0.25) is 0 Å². The zero-order chi connectivity index (χ0) is 27.8. The molecule has 37 heavy (non-hydrogen) atoms. The first-order valence-electron chi connectivity index (χ1n) is 12.9. The molecule has 0 saturated carbocycles. The average Bonchev–Trinajstić information content (AvgIpc) is 2.89. The van der Waals surface area contributed by atoms with Gasteiger partial charge >= 0.3 is 5.97 Å². The Kier molecular flexibility index (Phi) is 14.4. The lowest BCUT2D eigenvalue weighted by Crippen LogP contribution is -2.10. The van der Waals surface area contributed by atoms with Gasteiger partial charge in [0, 0.05) is 24.1 Å². The van der Waals surface area contributed by atoms with Crippen LogP contribution in [-0.2, 0) is 4.79 Å². The molecule has 0 fully saturated rings. The summed E-state index contributed by atoms with van der Waals surface area (Å²) < 4.78 is 28.2. The summed E-state index contributed by atoms with van der Waals surface area (Å²) in [6.07, 6.45) is 4.38. The lowest BCUT2D eigenvalue weighted by Gasteiger charge is -2.16. The highest BCUT2D eigenvalue weighted by Gasteiger charge is 2.15. The number of rotatable bonds is 11. The maximum absolute atomic E-state index is 12.0. The van der Waals surface area contributed by atoms with Crippen LogP contribution in [0.15, 0.2) is 42.0 Å². The normalized spacial score (nSPS) is 10.5. The number of benzene rings is 2. The number of hydrogen-bond acceptors (Lipinski definition) is 6. The first-order chi connectivity index (χ1) is 17.8. The third kappa shape index (κ3) is 10.5. The Labute approximate surface area is 222 Å². The van der Waals surface area contributed by atoms with Crippen molar-refractivity contribution in [2.75, 3.05) is 20.8 Å². The highest BCUT2D eigenvalue weighted by Crippen LogP contribution is 2.36. The molecule has 6 nitrogen and oxygen atoms in total. The summed E-state index contributed by atoms with van der Waals surface area (Å²) in [6.45, 7) is 14.3. The average molecular weight is 511 g/mol. The number of allylic oxidation sites excluding steroid dienone is 1. The van der Waals surface area contributed by atoms with E-state index in [4.69, 9.17) is 23.7 Å². The zero-order valence-corrected chi connectivity index (χ0v) is 23.8. The molecular weight excluding hydrogens is 468 g/mol. The zero-order valence-electron chi connectivity index (χ0n) is 23.8. The topological polar surface area (TPSA) is 63.2 Å². The van der Waals surface area contributed by atoms with Crippen molar-refractivity contribution in [2.24, 2.45) is 0 Å². The quantitative estimate of drug-likeness (QED) is 0.136. The molecule has 0 spiro atoms. The molecule has 0 amide bonds. The van der Waals surface area contributed by atoms with E-state index in [9.17, 15) is 4.79 Å². The summed E-state index contributed by atoms with van der Waals surface area (Å²) >= 11 is 0. The van der Waals surface area contributed by atoms with Gasteiger partial charge in [-0.05, 0) is 51.5 Å². The predicted molar refractivity (Wildman–Crippen MR) is 149 cm³/mol. The molecule has 2 rings (SSSR count). The molecule has 0 bridgehead atoms. The molecule has 0 atom stereocenters. The Morgan fingerprint density at radius 2 is 1.62 bits per heavy atom. The number of carbonyl (C=O) groups is 1. The molecule has 0 aliphatic rings. The molecule has 0 N–H and O–H groups in total. The van der Waals surface area contributed by atoms with Crippen LogP contribution < -0.4 is 23.7 Å². The van der Waals surface area contributed by atoms with Gasteiger partial charge in [-0.25, -0.2) is 0 Å². The van der Waals surface area contributed by atoms with Gasteiger partial charge < -0.3 is 23.7 Å². The highest BCUT2D eigenvalue weighted by molar-refractivity contribution is 5.74. The maximum atomic E-state index is 12.0. The van der Waals surface area contributed by atoms with Gasteiger partial charge in [0.15, 0.2) is 23.0 Å². The van der Waals surface area contributed by atoms with Crippen LogP contribution in [0.3, 0.4) is 0 Å². The Balaban J connectivity index is 0.00000334. The molecule has 0 aliphatic carbocycles. The molecule has 0 radical (unpaired) electrons. The molecule has 0 unspecified atom stereocenters. The van der Waals surface area contributed by atoms with Crippen LogP contribution in [0.5, 0.6) is 28.7 Å². The van der Waals surface area contributed by atoms with Crippen molar-refractivity contribution in [3.63, 3.8) is 0 Å². The van der Waals surface area contributed by atoms with Crippen LogP contribution in [0.1, 0.15) is 78.9 Å². The third-order valence-corrected chi connectivity index (χ3v) is 4.96. The molecule has 2 aromatic carbocycles. The van der Waals surface area contributed by atoms with Crippen molar-refractivity contribution < 1.29 is 28.5 Å². The van der Waals surface area contributed by atoms with Gasteiger partial charge in [0.05, 0.1) is 25.9 Å². The van der Waals surface area contributed by atoms with E-state index >= 15 is 0 Å². The summed E-state index contributed by atoms with van der Waals surface area (Å²) in [5, 5.41) is 0. The van der Waals surface area contributed by atoms with Gasteiger partial charge in [-0.1, -0.05) is 51.5 Å². The standard InChI is InChI=1S/C29H36O6.C2H6/c1-8-10-21(5)15-16-33-27-17-22(12-14-24(27)31-6)11-13-23-18-26(32-7)28(34-20(3)4)19-25(23)35-29(30)9-2;1-2/h12,14-15,17-20H,8-10,16H2,1-7H3;1-2H3/b21-15+;. The largest absolute Gasteiger partial charge is 0.493 e. The Hall–Kier alpha value is -3.59. The number of ether oxygens (including phenoxy) is 5. The molecule has 0 aliphatic heterocycles. The first-order valence-corrected chi connectivity index (χ1v) is 12.9. The van der Waals surface area contributed by atoms with Crippen LogP contribution in [0, 0.1) is 11.8 Å². The third-order valence-electron chi connectivity index (χ3n) is 4.96. The van der Waals surface area contributed by atoms with Gasteiger partial charge in [-0.2, -0.15) is 0 Å². The van der Waals surface area contributed by atoms with E-state index < -0.39 is 0 Å². The van der Waals surface area contributed by atoms with Crippen molar-refractivity contribution in [3.05, 3.63) is 53.1 Å². The van der Waals surface area contributed by atoms with E-state index in [2.05, 4.69) is 31.8 Å². The summed E-state index contributed by atoms with van der Waals surface area (Å²) in [4.78, 5) is 12.0. The van der Waals surface area contributed by atoms with Crippen molar-refractivity contribution >= 4 is 5.97 Å². The molecule has 6 heteroatoms.